The molecule has 0 N–H and O–H groups in total. The van der Waals surface area contributed by atoms with E-state index >= 15 is 0 Å². The van der Waals surface area contributed by atoms with Crippen molar-refractivity contribution >= 4 is 17.9 Å². The quantitative estimate of drug-likeness (QED) is 0.0343. The van der Waals surface area contributed by atoms with Crippen molar-refractivity contribution in [3.05, 3.63) is 0 Å². The number of esters is 3. The van der Waals surface area contributed by atoms with E-state index in [9.17, 15) is 14.4 Å². The van der Waals surface area contributed by atoms with Crippen molar-refractivity contribution in [2.75, 3.05) is 13.2 Å². The van der Waals surface area contributed by atoms with Gasteiger partial charge in [0, 0.05) is 19.3 Å². The largest absolute Gasteiger partial charge is 0.462 e. The molecule has 1 atom stereocenters. The normalized spacial score (nSPS) is 12.1. The Morgan fingerprint density at radius 1 is 0.239 bits per heavy atom. The van der Waals surface area contributed by atoms with Gasteiger partial charge in [0.05, 0.1) is 0 Å². The number of rotatable bonds is 58. The van der Waals surface area contributed by atoms with Gasteiger partial charge in [-0.1, -0.05) is 324 Å². The molecule has 0 unspecified atom stereocenters. The van der Waals surface area contributed by atoms with Crippen LogP contribution in [0.1, 0.15) is 363 Å². The van der Waals surface area contributed by atoms with Crippen LogP contribution in [-0.2, 0) is 28.6 Å². The fourth-order valence-electron chi connectivity index (χ4n) is 10.1. The molecule has 0 aromatic heterocycles. The number of ether oxygens (including phenoxy) is 3. The molecule has 422 valence electrons. The fourth-order valence-corrected chi connectivity index (χ4v) is 10.1. The lowest BCUT2D eigenvalue weighted by Crippen LogP contribution is -2.30. The highest BCUT2D eigenvalue weighted by molar-refractivity contribution is 5.71. The van der Waals surface area contributed by atoms with E-state index in [1.807, 2.05) is 0 Å². The van der Waals surface area contributed by atoms with Crippen LogP contribution in [0, 0.1) is 17.8 Å². The molecule has 0 rings (SSSR count). The summed E-state index contributed by atoms with van der Waals surface area (Å²) in [4.78, 5) is 38.3. The Kier molecular flexibility index (Phi) is 54.9. The van der Waals surface area contributed by atoms with Crippen LogP contribution in [-0.4, -0.2) is 37.2 Å². The Bertz CT molecular complexity index is 1100. The molecule has 71 heavy (non-hydrogen) atoms. The van der Waals surface area contributed by atoms with Crippen molar-refractivity contribution in [3.8, 4) is 0 Å². The minimum Gasteiger partial charge on any atom is -0.462 e. The third-order valence-corrected chi connectivity index (χ3v) is 14.9. The zero-order chi connectivity index (χ0) is 51.9. The van der Waals surface area contributed by atoms with E-state index in [1.54, 1.807) is 0 Å². The summed E-state index contributed by atoms with van der Waals surface area (Å²) in [6, 6.07) is 0. The fraction of sp³-hybridized carbons (Fsp3) is 0.954. The Morgan fingerprint density at radius 2 is 0.408 bits per heavy atom. The number of unbranched alkanes of at least 4 members (excludes halogenated alkanes) is 41. The molecule has 0 spiro atoms. The van der Waals surface area contributed by atoms with Crippen LogP contribution in [0.4, 0.5) is 0 Å². The van der Waals surface area contributed by atoms with Crippen LogP contribution in [0.5, 0.6) is 0 Å². The summed E-state index contributed by atoms with van der Waals surface area (Å²) in [5, 5.41) is 0. The first kappa shape index (κ1) is 69.4. The first-order chi connectivity index (χ1) is 34.6. The molecule has 0 aliphatic rings. The SMILES string of the molecule is CC(C)CCCCCCCCCCCCCCCCCCCCC(=O)O[C@H](COC(=O)CCCCCCCCCCCCCCCCCCC(C)C)COC(=O)CCCCCCCCCCCCC(C)C. The molecule has 0 aromatic rings. The van der Waals surface area contributed by atoms with Gasteiger partial charge in [-0.2, -0.15) is 0 Å². The van der Waals surface area contributed by atoms with Gasteiger partial charge in [0.15, 0.2) is 6.10 Å². The molecule has 0 heterocycles. The third-order valence-electron chi connectivity index (χ3n) is 14.9. The summed E-state index contributed by atoms with van der Waals surface area (Å²) in [5.74, 6) is 1.69. The highest BCUT2D eigenvalue weighted by atomic mass is 16.6. The number of carbonyl (C=O) groups is 3. The van der Waals surface area contributed by atoms with Crippen LogP contribution in [0.15, 0.2) is 0 Å². The molecule has 0 fully saturated rings. The van der Waals surface area contributed by atoms with Crippen molar-refractivity contribution in [2.45, 2.75) is 369 Å². The van der Waals surface area contributed by atoms with E-state index in [1.165, 1.54) is 244 Å². The second kappa shape index (κ2) is 56.1. The standard InChI is InChI=1S/C65H126O6/c1-59(2)51-45-39-33-27-21-17-13-9-7-8-10-16-20-24-32-38-44-50-56-65(68)71-62(58-70-64(67)55-49-43-37-31-26-25-29-35-41-47-53-61(5)6)57-69-63(66)54-48-42-36-30-23-19-15-12-11-14-18-22-28-34-40-46-52-60(3)4/h59-62H,7-58H2,1-6H3/t62-/m1/s1. The highest BCUT2D eigenvalue weighted by Gasteiger charge is 2.19. The molecule has 6 heteroatoms. The minimum atomic E-state index is -0.764. The van der Waals surface area contributed by atoms with E-state index < -0.39 is 6.10 Å². The summed E-state index contributed by atoms with van der Waals surface area (Å²) >= 11 is 0. The monoisotopic (exact) mass is 1000 g/mol. The average molecular weight is 1000 g/mol. The molecule has 0 saturated heterocycles. The van der Waals surface area contributed by atoms with Gasteiger partial charge in [0.2, 0.25) is 0 Å². The third kappa shape index (κ3) is 59.2. The van der Waals surface area contributed by atoms with Crippen molar-refractivity contribution in [3.63, 3.8) is 0 Å². The zero-order valence-corrected chi connectivity index (χ0v) is 49.0. The first-order valence-electron chi connectivity index (χ1n) is 32.1. The molecule has 0 aliphatic heterocycles. The van der Waals surface area contributed by atoms with Crippen LogP contribution in [0.25, 0.3) is 0 Å². The van der Waals surface area contributed by atoms with Gasteiger partial charge in [0.1, 0.15) is 13.2 Å². The summed E-state index contributed by atoms with van der Waals surface area (Å²) < 4.78 is 17.0. The van der Waals surface area contributed by atoms with Gasteiger partial charge >= 0.3 is 17.9 Å². The second-order valence-corrected chi connectivity index (χ2v) is 23.8. The predicted octanol–water partition coefficient (Wildman–Crippen LogP) is 21.5. The lowest BCUT2D eigenvalue weighted by atomic mass is 10.0. The van der Waals surface area contributed by atoms with Crippen molar-refractivity contribution in [2.24, 2.45) is 17.8 Å². The average Bonchev–Trinajstić information content (AvgIpc) is 3.33. The number of hydrogen-bond acceptors (Lipinski definition) is 6. The van der Waals surface area contributed by atoms with Crippen molar-refractivity contribution in [1.82, 2.24) is 0 Å². The molecular weight excluding hydrogens is 877 g/mol. The molecule has 0 saturated carbocycles. The smallest absolute Gasteiger partial charge is 0.306 e. The lowest BCUT2D eigenvalue weighted by Gasteiger charge is -2.18. The van der Waals surface area contributed by atoms with Gasteiger partial charge in [-0.25, -0.2) is 0 Å². The summed E-state index contributed by atoms with van der Waals surface area (Å²) in [5.41, 5.74) is 0. The van der Waals surface area contributed by atoms with Crippen LogP contribution in [0.2, 0.25) is 0 Å². The lowest BCUT2D eigenvalue weighted by molar-refractivity contribution is -0.167. The van der Waals surface area contributed by atoms with E-state index in [-0.39, 0.29) is 31.1 Å². The maximum absolute atomic E-state index is 12.9. The van der Waals surface area contributed by atoms with Gasteiger partial charge in [-0.15, -0.1) is 0 Å². The molecule has 0 aliphatic carbocycles. The first-order valence-corrected chi connectivity index (χ1v) is 32.1. The predicted molar refractivity (Wildman–Crippen MR) is 307 cm³/mol. The molecule has 0 aromatic carbocycles. The Balaban J connectivity index is 4.25. The van der Waals surface area contributed by atoms with Gasteiger partial charge in [0.25, 0.3) is 0 Å². The minimum absolute atomic E-state index is 0.0627. The summed E-state index contributed by atoms with van der Waals surface area (Å²) in [7, 11) is 0. The Hall–Kier alpha value is -1.59. The van der Waals surface area contributed by atoms with E-state index in [0.717, 1.165) is 75.5 Å². The number of carbonyl (C=O) groups excluding carboxylic acids is 3. The topological polar surface area (TPSA) is 78.9 Å². The van der Waals surface area contributed by atoms with Crippen LogP contribution >= 0.6 is 0 Å². The van der Waals surface area contributed by atoms with Gasteiger partial charge in [-0.3, -0.25) is 14.4 Å². The summed E-state index contributed by atoms with van der Waals surface area (Å²) in [6.07, 6.45) is 61.1. The van der Waals surface area contributed by atoms with Crippen LogP contribution < -0.4 is 0 Å². The highest BCUT2D eigenvalue weighted by Crippen LogP contribution is 2.19. The van der Waals surface area contributed by atoms with E-state index in [2.05, 4.69) is 41.5 Å². The maximum atomic E-state index is 12.9. The van der Waals surface area contributed by atoms with Gasteiger partial charge < -0.3 is 14.2 Å². The molecule has 0 bridgehead atoms. The van der Waals surface area contributed by atoms with Crippen LogP contribution in [0.3, 0.4) is 0 Å². The molecule has 0 radical (unpaired) electrons. The Morgan fingerprint density at radius 3 is 0.606 bits per heavy atom. The number of hydrogen-bond donors (Lipinski definition) is 0. The van der Waals surface area contributed by atoms with Crippen molar-refractivity contribution in [1.29, 1.82) is 0 Å². The zero-order valence-electron chi connectivity index (χ0n) is 49.0. The van der Waals surface area contributed by atoms with Gasteiger partial charge in [-0.05, 0) is 37.0 Å². The second-order valence-electron chi connectivity index (χ2n) is 23.8. The molecule has 6 nitrogen and oxygen atoms in total. The Labute approximate surface area is 444 Å². The van der Waals surface area contributed by atoms with E-state index in [0.29, 0.717) is 19.3 Å². The van der Waals surface area contributed by atoms with E-state index in [4.69, 9.17) is 14.2 Å². The molecular formula is C65H126O6. The molecule has 0 amide bonds. The van der Waals surface area contributed by atoms with Crippen molar-refractivity contribution < 1.29 is 28.6 Å². The maximum Gasteiger partial charge on any atom is 0.306 e. The summed E-state index contributed by atoms with van der Waals surface area (Å²) in [6.45, 7) is 13.8.